The van der Waals surface area contributed by atoms with E-state index in [9.17, 15) is 26.7 Å². The van der Waals surface area contributed by atoms with Crippen LogP contribution in [0.1, 0.15) is 11.4 Å². The highest BCUT2D eigenvalue weighted by Crippen LogP contribution is 2.25. The number of rotatable bonds is 5. The van der Waals surface area contributed by atoms with Gasteiger partial charge in [0.2, 0.25) is 11.0 Å². The van der Waals surface area contributed by atoms with Gasteiger partial charge < -0.3 is 15.2 Å². The van der Waals surface area contributed by atoms with Crippen LogP contribution in [0.5, 0.6) is 5.75 Å². The molecule has 0 spiro atoms. The number of aromatic nitrogens is 3. The molecule has 9 nitrogen and oxygen atoms in total. The summed E-state index contributed by atoms with van der Waals surface area (Å²) < 4.78 is 68.7. The first-order valence-corrected chi connectivity index (χ1v) is 8.66. The number of amidine groups is 1. The molecule has 0 atom stereocenters. The number of ether oxygens (including phenoxy) is 1. The summed E-state index contributed by atoms with van der Waals surface area (Å²) in [6.45, 7) is 1.54. The zero-order valence-electron chi connectivity index (χ0n) is 14.0. The van der Waals surface area contributed by atoms with Gasteiger partial charge in [0.15, 0.2) is 12.4 Å². The van der Waals surface area contributed by atoms with Gasteiger partial charge in [0.05, 0.1) is 6.02 Å². The molecule has 2 aromatic rings. The van der Waals surface area contributed by atoms with Crippen molar-refractivity contribution in [2.24, 2.45) is 4.40 Å². The Hall–Kier alpha value is -2.96. The van der Waals surface area contributed by atoms with E-state index in [1.807, 2.05) is 0 Å². The van der Waals surface area contributed by atoms with Crippen LogP contribution in [0, 0.1) is 13.8 Å². The van der Waals surface area contributed by atoms with Crippen LogP contribution in [0.15, 0.2) is 33.8 Å². The number of nitrogens with one attached hydrogen (secondary N) is 1. The maximum absolute atomic E-state index is 12.3. The highest BCUT2D eigenvalue weighted by atomic mass is 32.2. The van der Waals surface area contributed by atoms with Crippen molar-refractivity contribution < 1.29 is 31.4 Å². The number of nitrogens with zero attached hydrogens (tertiary/aromatic N) is 4. The zero-order valence-corrected chi connectivity index (χ0v) is 14.8. The SMILES string of the molecule is Cc1cc(C)nc(N/C([O-])=N\S(=O)(=O)c2ncccc2OCC(F)(F)F)n1. The van der Waals surface area contributed by atoms with E-state index in [4.69, 9.17) is 0 Å². The molecular formula is C14H13F3N5O4S-. The monoisotopic (exact) mass is 404 g/mol. The third-order valence-electron chi connectivity index (χ3n) is 2.78. The van der Waals surface area contributed by atoms with E-state index in [1.54, 1.807) is 19.9 Å². The standard InChI is InChI=1S/C14H14F3N5O4S/c1-8-6-9(2)20-12(19-8)21-13(23)22-27(24,25)11-10(4-3-5-18-11)26-7-14(15,16)17/h3-6H,7H2,1-2H3,(H2,19,20,21,22,23)/p-1. The van der Waals surface area contributed by atoms with Gasteiger partial charge in [0.25, 0.3) is 0 Å². The van der Waals surface area contributed by atoms with E-state index in [0.717, 1.165) is 12.3 Å². The van der Waals surface area contributed by atoms with Crippen molar-refractivity contribution in [3.05, 3.63) is 35.8 Å². The van der Waals surface area contributed by atoms with Crippen molar-refractivity contribution in [2.45, 2.75) is 25.0 Å². The summed E-state index contributed by atoms with van der Waals surface area (Å²) in [6.07, 6.45) is -3.68. The molecule has 1 N–H and O–H groups in total. The van der Waals surface area contributed by atoms with Gasteiger partial charge in [-0.3, -0.25) is 0 Å². The zero-order chi connectivity index (χ0) is 20.2. The maximum atomic E-state index is 12.3. The van der Waals surface area contributed by atoms with E-state index in [0.29, 0.717) is 11.4 Å². The molecule has 0 aromatic carbocycles. The molecule has 0 bridgehead atoms. The lowest BCUT2D eigenvalue weighted by atomic mass is 10.4. The van der Waals surface area contributed by atoms with Crippen molar-refractivity contribution in [1.82, 2.24) is 15.0 Å². The summed E-state index contributed by atoms with van der Waals surface area (Å²) in [6, 6.07) is 2.43. The molecule has 0 radical (unpaired) electrons. The summed E-state index contributed by atoms with van der Waals surface area (Å²) >= 11 is 0. The lowest BCUT2D eigenvalue weighted by molar-refractivity contribution is -0.213. The van der Waals surface area contributed by atoms with Crippen LogP contribution in [0.25, 0.3) is 0 Å². The molecule has 0 aliphatic rings. The van der Waals surface area contributed by atoms with E-state index < -0.39 is 39.6 Å². The predicted octanol–water partition coefficient (Wildman–Crippen LogP) is 0.947. The van der Waals surface area contributed by atoms with E-state index >= 15 is 0 Å². The number of aryl methyl sites for hydroxylation is 2. The third-order valence-corrected chi connectivity index (χ3v) is 3.98. The van der Waals surface area contributed by atoms with Crippen LogP contribution in [0.3, 0.4) is 0 Å². The second-order valence-corrected chi connectivity index (χ2v) is 6.70. The Bertz CT molecular complexity index is 943. The molecule has 0 saturated carbocycles. The minimum atomic E-state index is -4.74. The Kier molecular flexibility index (Phi) is 5.83. The van der Waals surface area contributed by atoms with E-state index in [-0.39, 0.29) is 5.95 Å². The van der Waals surface area contributed by atoms with Gasteiger partial charge in [0.1, 0.15) is 0 Å². The van der Waals surface area contributed by atoms with Crippen molar-refractivity contribution in [3.63, 3.8) is 0 Å². The fourth-order valence-corrected chi connectivity index (χ4v) is 2.82. The molecule has 0 saturated heterocycles. The first-order chi connectivity index (χ1) is 12.5. The van der Waals surface area contributed by atoms with Crippen molar-refractivity contribution in [1.29, 1.82) is 0 Å². The number of hydrogen-bond acceptors (Lipinski definition) is 7. The normalized spacial score (nSPS) is 12.7. The number of sulfonamides is 1. The summed E-state index contributed by atoms with van der Waals surface area (Å²) in [7, 11) is -4.74. The smallest absolute Gasteiger partial charge is 0.422 e. The summed E-state index contributed by atoms with van der Waals surface area (Å²) in [5, 5.41) is 13.0. The summed E-state index contributed by atoms with van der Waals surface area (Å²) in [5.41, 5.74) is 1.04. The molecule has 0 unspecified atom stereocenters. The van der Waals surface area contributed by atoms with Gasteiger partial charge >= 0.3 is 16.2 Å². The van der Waals surface area contributed by atoms with Crippen molar-refractivity contribution in [3.8, 4) is 5.75 Å². The number of hydrogen-bond donors (Lipinski definition) is 1. The van der Waals surface area contributed by atoms with Gasteiger partial charge in [-0.1, -0.05) is 0 Å². The van der Waals surface area contributed by atoms with Crippen LogP contribution in [-0.4, -0.2) is 42.2 Å². The summed E-state index contributed by atoms with van der Waals surface area (Å²) in [5.74, 6) is -0.861. The molecular weight excluding hydrogens is 391 g/mol. The second-order valence-electron chi connectivity index (χ2n) is 5.18. The van der Waals surface area contributed by atoms with Crippen LogP contribution in [-0.2, 0) is 10.0 Å². The van der Waals surface area contributed by atoms with Gasteiger partial charge in [-0.05, 0) is 32.0 Å². The quantitative estimate of drug-likeness (QED) is 0.576. The molecule has 146 valence electrons. The molecule has 13 heteroatoms. The van der Waals surface area contributed by atoms with Gasteiger partial charge in [-0.25, -0.2) is 15.0 Å². The Labute approximate surface area is 152 Å². The Morgan fingerprint density at radius 2 is 1.93 bits per heavy atom. The van der Waals surface area contributed by atoms with E-state index in [2.05, 4.69) is 29.4 Å². The highest BCUT2D eigenvalue weighted by Gasteiger charge is 2.30. The van der Waals surface area contributed by atoms with Gasteiger partial charge in [-0.2, -0.15) is 26.0 Å². The van der Waals surface area contributed by atoms with Crippen LogP contribution < -0.4 is 15.2 Å². The van der Waals surface area contributed by atoms with E-state index in [1.165, 1.54) is 6.07 Å². The number of alkyl halides is 3. The Balaban J connectivity index is 2.28. The molecule has 0 fully saturated rings. The number of anilines is 1. The molecule has 27 heavy (non-hydrogen) atoms. The van der Waals surface area contributed by atoms with Crippen molar-refractivity contribution in [2.75, 3.05) is 11.9 Å². The minimum Gasteiger partial charge on any atom is -0.845 e. The summed E-state index contributed by atoms with van der Waals surface area (Å²) in [4.78, 5) is 11.2. The first kappa shape index (κ1) is 20.4. The fourth-order valence-electron chi connectivity index (χ4n) is 1.89. The van der Waals surface area contributed by atoms with Crippen LogP contribution in [0.4, 0.5) is 19.1 Å². The van der Waals surface area contributed by atoms with Crippen molar-refractivity contribution >= 4 is 22.0 Å². The van der Waals surface area contributed by atoms with Crippen LogP contribution >= 0.6 is 0 Å². The fraction of sp³-hybridized carbons (Fsp3) is 0.286. The molecule has 2 rings (SSSR count). The largest absolute Gasteiger partial charge is 0.845 e. The lowest BCUT2D eigenvalue weighted by Crippen LogP contribution is -2.29. The minimum absolute atomic E-state index is 0.175. The highest BCUT2D eigenvalue weighted by molar-refractivity contribution is 7.90. The number of halogens is 3. The Morgan fingerprint density at radius 1 is 1.30 bits per heavy atom. The first-order valence-electron chi connectivity index (χ1n) is 7.22. The third kappa shape index (κ3) is 6.06. The lowest BCUT2D eigenvalue weighted by Gasteiger charge is -2.14. The molecule has 0 aliphatic heterocycles. The Morgan fingerprint density at radius 3 is 2.52 bits per heavy atom. The van der Waals surface area contributed by atoms with Gasteiger partial charge in [-0.15, -0.1) is 0 Å². The average molecular weight is 404 g/mol. The predicted molar refractivity (Wildman–Crippen MR) is 85.5 cm³/mol. The second kappa shape index (κ2) is 7.73. The number of pyridine rings is 1. The maximum Gasteiger partial charge on any atom is 0.422 e. The molecule has 0 amide bonds. The van der Waals surface area contributed by atoms with Gasteiger partial charge in [0, 0.05) is 17.6 Å². The molecule has 0 aliphatic carbocycles. The topological polar surface area (TPSA) is 129 Å². The van der Waals surface area contributed by atoms with Crippen LogP contribution in [0.2, 0.25) is 0 Å². The molecule has 2 aromatic heterocycles. The average Bonchev–Trinajstić information content (AvgIpc) is 2.50. The molecule has 2 heterocycles.